The number of nitrogens with one attached hydrogen (secondary N) is 2. The molecule has 0 bridgehead atoms. The molecule has 0 saturated carbocycles. The number of halogens is 2. The van der Waals surface area contributed by atoms with E-state index < -0.39 is 11.9 Å². The van der Waals surface area contributed by atoms with E-state index in [2.05, 4.69) is 15.8 Å². The normalized spacial score (nSPS) is 10.9. The Labute approximate surface area is 224 Å². The number of ether oxygens (including phenoxy) is 2. The van der Waals surface area contributed by atoms with Crippen LogP contribution in [0.4, 0.5) is 5.69 Å². The van der Waals surface area contributed by atoms with Crippen molar-refractivity contribution in [3.05, 3.63) is 87.4 Å². The number of esters is 1. The minimum atomic E-state index is -0.661. The topological polar surface area (TPSA) is 106 Å². The minimum Gasteiger partial charge on any atom is -0.490 e. The number of carbonyl (C=O) groups is 3. The number of nitrogens with zero attached hydrogens (tertiary/aromatic N) is 1. The summed E-state index contributed by atoms with van der Waals surface area (Å²) in [5, 5.41) is 7.32. The number of benzene rings is 3. The zero-order chi connectivity index (χ0) is 26.9. The van der Waals surface area contributed by atoms with Gasteiger partial charge >= 0.3 is 5.97 Å². The quantitative estimate of drug-likeness (QED) is 0.150. The zero-order valence-corrected chi connectivity index (χ0v) is 21.9. The lowest BCUT2D eigenvalue weighted by Crippen LogP contribution is -2.19. The predicted octanol–water partition coefficient (Wildman–Crippen LogP) is 5.97. The van der Waals surface area contributed by atoms with Crippen molar-refractivity contribution in [1.82, 2.24) is 5.43 Å². The summed E-state index contributed by atoms with van der Waals surface area (Å²) in [6, 6.07) is 15.8. The fourth-order valence-corrected chi connectivity index (χ4v) is 3.47. The molecule has 0 aliphatic carbocycles. The van der Waals surface area contributed by atoms with Crippen molar-refractivity contribution in [1.29, 1.82) is 0 Å². The molecule has 10 heteroatoms. The van der Waals surface area contributed by atoms with Gasteiger partial charge in [0.1, 0.15) is 0 Å². The van der Waals surface area contributed by atoms with Crippen molar-refractivity contribution in [2.75, 3.05) is 11.9 Å². The first-order valence-electron chi connectivity index (χ1n) is 11.4. The van der Waals surface area contributed by atoms with Crippen LogP contribution in [0, 0.1) is 5.92 Å². The third kappa shape index (κ3) is 7.80. The maximum Gasteiger partial charge on any atom is 0.345 e. The van der Waals surface area contributed by atoms with Crippen LogP contribution in [-0.4, -0.2) is 30.6 Å². The van der Waals surface area contributed by atoms with Gasteiger partial charge in [0.25, 0.3) is 5.91 Å². The van der Waals surface area contributed by atoms with E-state index in [4.69, 9.17) is 32.7 Å². The lowest BCUT2D eigenvalue weighted by molar-refractivity contribution is -0.118. The highest BCUT2D eigenvalue weighted by Crippen LogP contribution is 2.30. The summed E-state index contributed by atoms with van der Waals surface area (Å²) in [5.74, 6) is -0.829. The number of hydrogen-bond donors (Lipinski definition) is 2. The first-order chi connectivity index (χ1) is 17.7. The third-order valence-corrected chi connectivity index (χ3v) is 5.49. The van der Waals surface area contributed by atoms with Crippen molar-refractivity contribution in [2.45, 2.75) is 20.8 Å². The van der Waals surface area contributed by atoms with Crippen LogP contribution >= 0.6 is 23.2 Å². The van der Waals surface area contributed by atoms with E-state index >= 15 is 0 Å². The molecule has 3 rings (SSSR count). The monoisotopic (exact) mass is 541 g/mol. The van der Waals surface area contributed by atoms with Crippen LogP contribution in [0.15, 0.2) is 65.8 Å². The van der Waals surface area contributed by atoms with Gasteiger partial charge in [0.05, 0.1) is 23.4 Å². The molecule has 0 heterocycles. The van der Waals surface area contributed by atoms with Gasteiger partial charge in [-0.1, -0.05) is 37.0 Å². The Balaban J connectivity index is 1.65. The van der Waals surface area contributed by atoms with Gasteiger partial charge in [-0.05, 0) is 73.2 Å². The van der Waals surface area contributed by atoms with Crippen molar-refractivity contribution in [3.8, 4) is 11.5 Å². The van der Waals surface area contributed by atoms with Gasteiger partial charge in [0.15, 0.2) is 11.5 Å². The second-order valence-electron chi connectivity index (χ2n) is 8.07. The van der Waals surface area contributed by atoms with E-state index in [-0.39, 0.29) is 28.2 Å². The molecule has 0 aromatic heterocycles. The summed E-state index contributed by atoms with van der Waals surface area (Å²) >= 11 is 12.0. The minimum absolute atomic E-state index is 0.109. The van der Waals surface area contributed by atoms with E-state index in [0.29, 0.717) is 34.2 Å². The van der Waals surface area contributed by atoms with Gasteiger partial charge in [0, 0.05) is 22.2 Å². The highest BCUT2D eigenvalue weighted by molar-refractivity contribution is 6.36. The van der Waals surface area contributed by atoms with Crippen LogP contribution in [0.1, 0.15) is 47.1 Å². The Hall–Kier alpha value is -3.88. The van der Waals surface area contributed by atoms with Gasteiger partial charge in [0.2, 0.25) is 5.91 Å². The maximum absolute atomic E-state index is 12.6. The lowest BCUT2D eigenvalue weighted by Gasteiger charge is -2.12. The van der Waals surface area contributed by atoms with Gasteiger partial charge in [-0.2, -0.15) is 5.10 Å². The van der Waals surface area contributed by atoms with E-state index in [9.17, 15) is 14.4 Å². The van der Waals surface area contributed by atoms with E-state index in [0.717, 1.165) is 0 Å². The van der Waals surface area contributed by atoms with Gasteiger partial charge in [-0.3, -0.25) is 9.59 Å². The summed E-state index contributed by atoms with van der Waals surface area (Å²) in [4.78, 5) is 36.7. The lowest BCUT2D eigenvalue weighted by atomic mass is 10.1. The standard InChI is InChI=1S/C27H25Cl2N3O5/c1-4-36-24-13-17(5-12-23(24)37-27(35)21-11-8-19(28)14-22(21)29)15-30-32-26(34)18-6-9-20(10-7-18)31-25(33)16(2)3/h5-16H,4H2,1-3H3,(H,31,33)(H,32,34)/b30-15-. The van der Waals surface area contributed by atoms with E-state index in [1.807, 2.05) is 0 Å². The Morgan fingerprint density at radius 2 is 1.70 bits per heavy atom. The Kier molecular flexibility index (Phi) is 9.65. The molecule has 192 valence electrons. The SMILES string of the molecule is CCOc1cc(/C=N\NC(=O)c2ccc(NC(=O)C(C)C)cc2)ccc1OC(=O)c1ccc(Cl)cc1Cl. The molecule has 0 spiro atoms. The molecule has 0 aliphatic rings. The molecule has 0 saturated heterocycles. The first kappa shape index (κ1) is 27.7. The zero-order valence-electron chi connectivity index (χ0n) is 20.4. The van der Waals surface area contributed by atoms with Gasteiger partial charge in [-0.25, -0.2) is 10.2 Å². The molecule has 0 unspecified atom stereocenters. The highest BCUT2D eigenvalue weighted by Gasteiger charge is 2.16. The molecule has 0 atom stereocenters. The fourth-order valence-electron chi connectivity index (χ4n) is 2.99. The van der Waals surface area contributed by atoms with Crippen molar-refractivity contribution < 1.29 is 23.9 Å². The van der Waals surface area contributed by atoms with Crippen molar-refractivity contribution in [2.24, 2.45) is 11.0 Å². The van der Waals surface area contributed by atoms with Crippen LogP contribution < -0.4 is 20.2 Å². The number of rotatable bonds is 9. The molecule has 0 radical (unpaired) electrons. The molecular weight excluding hydrogens is 517 g/mol. The molecule has 8 nitrogen and oxygen atoms in total. The van der Waals surface area contributed by atoms with Crippen molar-refractivity contribution in [3.63, 3.8) is 0 Å². The highest BCUT2D eigenvalue weighted by atomic mass is 35.5. The number of amides is 2. The second kappa shape index (κ2) is 12.9. The number of hydrazone groups is 1. The average molecular weight is 542 g/mol. The largest absolute Gasteiger partial charge is 0.490 e. The third-order valence-electron chi connectivity index (χ3n) is 4.94. The van der Waals surface area contributed by atoms with Crippen LogP contribution in [0.2, 0.25) is 10.0 Å². The molecular formula is C27H25Cl2N3O5. The Bertz CT molecular complexity index is 1320. The predicted molar refractivity (Wildman–Crippen MR) is 144 cm³/mol. The summed E-state index contributed by atoms with van der Waals surface area (Å²) < 4.78 is 11.1. The first-order valence-corrected chi connectivity index (χ1v) is 12.1. The molecule has 37 heavy (non-hydrogen) atoms. The van der Waals surface area contributed by atoms with Crippen LogP contribution in [0.5, 0.6) is 11.5 Å². The number of anilines is 1. The van der Waals surface area contributed by atoms with E-state index in [1.165, 1.54) is 18.3 Å². The Morgan fingerprint density at radius 1 is 0.973 bits per heavy atom. The number of carbonyl (C=O) groups excluding carboxylic acids is 3. The van der Waals surface area contributed by atoms with Crippen molar-refractivity contribution >= 4 is 52.9 Å². The second-order valence-corrected chi connectivity index (χ2v) is 8.92. The summed E-state index contributed by atoms with van der Waals surface area (Å²) in [6.45, 7) is 5.72. The molecule has 3 aromatic rings. The average Bonchev–Trinajstić information content (AvgIpc) is 2.86. The summed E-state index contributed by atoms with van der Waals surface area (Å²) in [5.41, 5.74) is 4.18. The van der Waals surface area contributed by atoms with E-state index in [1.54, 1.807) is 69.3 Å². The van der Waals surface area contributed by atoms with Crippen LogP contribution in [0.3, 0.4) is 0 Å². The molecule has 0 aliphatic heterocycles. The van der Waals surface area contributed by atoms with Gasteiger partial charge < -0.3 is 14.8 Å². The molecule has 2 N–H and O–H groups in total. The van der Waals surface area contributed by atoms with Crippen LogP contribution in [-0.2, 0) is 4.79 Å². The van der Waals surface area contributed by atoms with Crippen LogP contribution in [0.25, 0.3) is 0 Å². The molecule has 2 amide bonds. The van der Waals surface area contributed by atoms with Gasteiger partial charge in [-0.15, -0.1) is 0 Å². The molecule has 0 fully saturated rings. The summed E-state index contributed by atoms with van der Waals surface area (Å²) in [6.07, 6.45) is 1.43. The maximum atomic E-state index is 12.6. The fraction of sp³-hybridized carbons (Fsp3) is 0.185. The number of hydrogen-bond acceptors (Lipinski definition) is 6. The Morgan fingerprint density at radius 3 is 2.35 bits per heavy atom. The molecule has 3 aromatic carbocycles. The smallest absolute Gasteiger partial charge is 0.345 e. The summed E-state index contributed by atoms with van der Waals surface area (Å²) in [7, 11) is 0.